The van der Waals surface area contributed by atoms with E-state index in [4.69, 9.17) is 14.6 Å². The van der Waals surface area contributed by atoms with Gasteiger partial charge in [-0.3, -0.25) is 4.79 Å². The first-order chi connectivity index (χ1) is 12.3. The summed E-state index contributed by atoms with van der Waals surface area (Å²) >= 11 is 0. The number of benzene rings is 1. The third kappa shape index (κ3) is 3.75. The smallest absolute Gasteiger partial charge is 0.335 e. The van der Waals surface area contributed by atoms with Gasteiger partial charge in [-0.25, -0.2) is 13.2 Å². The Balaban J connectivity index is 1.68. The number of nitrogens with one attached hydrogen (secondary N) is 1. The number of rotatable bonds is 5. The van der Waals surface area contributed by atoms with Gasteiger partial charge in [0.25, 0.3) is 5.91 Å². The number of ether oxygens (including phenoxy) is 2. The fourth-order valence-electron chi connectivity index (χ4n) is 3.32. The number of fused-ring (bicyclic) bond motifs is 1. The van der Waals surface area contributed by atoms with Gasteiger partial charge in [-0.1, -0.05) is 0 Å². The Kier molecular flexibility index (Phi) is 5.05. The molecule has 0 bridgehead atoms. The predicted octanol–water partition coefficient (Wildman–Crippen LogP) is -0.630. The van der Waals surface area contributed by atoms with E-state index < -0.39 is 15.8 Å². The van der Waals surface area contributed by atoms with Crippen LogP contribution in [0, 0.1) is 0 Å². The summed E-state index contributed by atoms with van der Waals surface area (Å²) in [6.07, 6.45) is 0. The molecule has 26 heavy (non-hydrogen) atoms. The molecule has 0 radical (unpaired) electrons. The fourth-order valence-corrected chi connectivity index (χ4v) is 5.28. The van der Waals surface area contributed by atoms with E-state index in [1.165, 1.54) is 25.3 Å². The number of piperazine rings is 1. The zero-order valence-electron chi connectivity index (χ0n) is 14.2. The van der Waals surface area contributed by atoms with Gasteiger partial charge in [0.05, 0.1) is 30.2 Å². The third-order valence-electron chi connectivity index (χ3n) is 4.56. The van der Waals surface area contributed by atoms with Gasteiger partial charge < -0.3 is 24.8 Å². The number of amides is 1. The van der Waals surface area contributed by atoms with Crippen LogP contribution in [0.4, 0.5) is 0 Å². The molecule has 2 aliphatic heterocycles. The highest BCUT2D eigenvalue weighted by Gasteiger charge is 2.44. The first kappa shape index (κ1) is 18.5. The van der Waals surface area contributed by atoms with E-state index in [0.717, 1.165) is 0 Å². The molecule has 3 rings (SSSR count). The van der Waals surface area contributed by atoms with Crippen molar-refractivity contribution < 1.29 is 32.6 Å². The molecule has 0 spiro atoms. The van der Waals surface area contributed by atoms with Crippen LogP contribution >= 0.6 is 0 Å². The van der Waals surface area contributed by atoms with E-state index in [9.17, 15) is 18.0 Å². The van der Waals surface area contributed by atoms with Gasteiger partial charge in [0.1, 0.15) is 0 Å². The fraction of sp³-hybridized carbons (Fsp3) is 0.500. The second-order valence-corrected chi connectivity index (χ2v) is 8.41. The van der Waals surface area contributed by atoms with Crippen LogP contribution in [0.5, 0.6) is 11.5 Å². The molecule has 2 atom stereocenters. The van der Waals surface area contributed by atoms with Crippen molar-refractivity contribution in [3.05, 3.63) is 23.8 Å². The Morgan fingerprint density at radius 1 is 1.31 bits per heavy atom. The number of hydrogen-bond acceptors (Lipinski definition) is 7. The molecule has 2 heterocycles. The van der Waals surface area contributed by atoms with Gasteiger partial charge in [0, 0.05) is 19.1 Å². The number of carbonyl (C=O) groups is 2. The molecular weight excluding hydrogens is 364 g/mol. The predicted molar refractivity (Wildman–Crippen MR) is 91.4 cm³/mol. The van der Waals surface area contributed by atoms with Crippen LogP contribution in [-0.4, -0.2) is 80.7 Å². The van der Waals surface area contributed by atoms with Crippen LogP contribution in [0.3, 0.4) is 0 Å². The van der Waals surface area contributed by atoms with Gasteiger partial charge in [0.15, 0.2) is 27.9 Å². The molecule has 1 aromatic rings. The Hall–Kier alpha value is -2.33. The highest BCUT2D eigenvalue weighted by atomic mass is 32.2. The third-order valence-corrected chi connectivity index (χ3v) is 6.28. The second-order valence-electron chi connectivity index (χ2n) is 6.25. The monoisotopic (exact) mass is 384 g/mol. The van der Waals surface area contributed by atoms with Crippen molar-refractivity contribution in [2.75, 3.05) is 38.3 Å². The van der Waals surface area contributed by atoms with Crippen molar-refractivity contribution in [2.24, 2.45) is 0 Å². The minimum atomic E-state index is -3.16. The Morgan fingerprint density at radius 3 is 2.77 bits per heavy atom. The molecule has 1 amide bonds. The zero-order valence-corrected chi connectivity index (χ0v) is 15.0. The van der Waals surface area contributed by atoms with Gasteiger partial charge in [0.2, 0.25) is 0 Å². The molecule has 1 aromatic carbocycles. The number of nitrogens with zero attached hydrogens (tertiary/aromatic N) is 1. The molecule has 2 saturated heterocycles. The molecular formula is C16H20N2O7S. The SMILES string of the molecule is COc1cc(C(=O)O)ccc1OCC(=O)N1CCN[C@H]2CS(=O)(=O)C[C@H]21. The van der Waals surface area contributed by atoms with E-state index >= 15 is 0 Å². The summed E-state index contributed by atoms with van der Waals surface area (Å²) < 4.78 is 34.3. The quantitative estimate of drug-likeness (QED) is 0.688. The van der Waals surface area contributed by atoms with Crippen LogP contribution in [-0.2, 0) is 14.6 Å². The topological polar surface area (TPSA) is 122 Å². The van der Waals surface area contributed by atoms with E-state index in [0.29, 0.717) is 13.1 Å². The summed E-state index contributed by atoms with van der Waals surface area (Å²) in [5.74, 6) is -0.973. The lowest BCUT2D eigenvalue weighted by atomic mass is 10.1. The first-order valence-corrected chi connectivity index (χ1v) is 9.90. The van der Waals surface area contributed by atoms with Crippen LogP contribution in [0.25, 0.3) is 0 Å². The summed E-state index contributed by atoms with van der Waals surface area (Å²) in [5, 5.41) is 12.1. The Labute approximate surface area is 150 Å². The van der Waals surface area contributed by atoms with Crippen molar-refractivity contribution in [1.29, 1.82) is 0 Å². The van der Waals surface area contributed by atoms with E-state index in [-0.39, 0.29) is 53.2 Å². The lowest BCUT2D eigenvalue weighted by Crippen LogP contribution is -2.59. The number of aromatic carboxylic acids is 1. The van der Waals surface area contributed by atoms with Gasteiger partial charge in [-0.2, -0.15) is 0 Å². The van der Waals surface area contributed by atoms with E-state index in [1.54, 1.807) is 4.90 Å². The van der Waals surface area contributed by atoms with Gasteiger partial charge in [-0.15, -0.1) is 0 Å². The molecule has 2 N–H and O–H groups in total. The van der Waals surface area contributed by atoms with E-state index in [1.807, 2.05) is 0 Å². The maximum atomic E-state index is 12.5. The zero-order chi connectivity index (χ0) is 18.9. The second kappa shape index (κ2) is 7.12. The number of carbonyl (C=O) groups excluding carboxylic acids is 1. The number of methoxy groups -OCH3 is 1. The van der Waals surface area contributed by atoms with E-state index in [2.05, 4.69) is 5.32 Å². The number of sulfone groups is 1. The maximum Gasteiger partial charge on any atom is 0.335 e. The number of carboxylic acids is 1. The Bertz CT molecular complexity index is 824. The molecule has 9 nitrogen and oxygen atoms in total. The molecule has 10 heteroatoms. The highest BCUT2D eigenvalue weighted by Crippen LogP contribution is 2.28. The number of hydrogen-bond donors (Lipinski definition) is 2. The van der Waals surface area contributed by atoms with Crippen LogP contribution in [0.2, 0.25) is 0 Å². The first-order valence-electron chi connectivity index (χ1n) is 8.08. The van der Waals surface area contributed by atoms with Crippen molar-refractivity contribution in [1.82, 2.24) is 10.2 Å². The summed E-state index contributed by atoms with van der Waals surface area (Å²) in [6.45, 7) is 0.652. The lowest BCUT2D eigenvalue weighted by Gasteiger charge is -2.37. The summed E-state index contributed by atoms with van der Waals surface area (Å²) in [4.78, 5) is 25.1. The molecule has 0 unspecified atom stereocenters. The van der Waals surface area contributed by atoms with Crippen molar-refractivity contribution >= 4 is 21.7 Å². The standard InChI is InChI=1S/C16H20N2O7S/c1-24-14-6-10(16(20)21)2-3-13(14)25-7-15(19)18-5-4-17-11-8-26(22,23)9-12(11)18/h2-3,6,11-12,17H,4-5,7-9H2,1H3,(H,20,21)/t11-,12+/m0/s1. The number of carboxylic acid groups (broad SMARTS) is 1. The Morgan fingerprint density at radius 2 is 2.08 bits per heavy atom. The average molecular weight is 384 g/mol. The summed E-state index contributed by atoms with van der Waals surface area (Å²) in [5.41, 5.74) is 0.0432. The molecule has 0 saturated carbocycles. The molecule has 2 fully saturated rings. The lowest BCUT2D eigenvalue weighted by molar-refractivity contribution is -0.136. The minimum Gasteiger partial charge on any atom is -0.493 e. The van der Waals surface area contributed by atoms with Crippen LogP contribution in [0.1, 0.15) is 10.4 Å². The van der Waals surface area contributed by atoms with Crippen molar-refractivity contribution in [3.63, 3.8) is 0 Å². The van der Waals surface area contributed by atoms with Crippen LogP contribution < -0.4 is 14.8 Å². The minimum absolute atomic E-state index is 0.0345. The van der Waals surface area contributed by atoms with Gasteiger partial charge in [-0.05, 0) is 18.2 Å². The van der Waals surface area contributed by atoms with Gasteiger partial charge >= 0.3 is 5.97 Å². The van der Waals surface area contributed by atoms with Crippen molar-refractivity contribution in [2.45, 2.75) is 12.1 Å². The molecule has 0 aromatic heterocycles. The summed E-state index contributed by atoms with van der Waals surface area (Å²) in [7, 11) is -1.78. The average Bonchev–Trinajstić information content (AvgIpc) is 2.92. The highest BCUT2D eigenvalue weighted by molar-refractivity contribution is 7.91. The largest absolute Gasteiger partial charge is 0.493 e. The summed E-state index contributed by atoms with van der Waals surface area (Å²) in [6, 6.07) is 3.46. The maximum absolute atomic E-state index is 12.5. The molecule has 0 aliphatic carbocycles. The van der Waals surface area contributed by atoms with Crippen LogP contribution in [0.15, 0.2) is 18.2 Å². The van der Waals surface area contributed by atoms with Crippen molar-refractivity contribution in [3.8, 4) is 11.5 Å². The molecule has 2 aliphatic rings. The molecule has 142 valence electrons. The normalized spacial score (nSPS) is 24.0.